The normalized spacial score (nSPS) is 15.4. The molecule has 2 aromatic rings. The van der Waals surface area contributed by atoms with Gasteiger partial charge in [-0.1, -0.05) is 52.0 Å². The van der Waals surface area contributed by atoms with Gasteiger partial charge in [0.2, 0.25) is 0 Å². The number of amides is 1. The van der Waals surface area contributed by atoms with Crippen LogP contribution in [0.4, 0.5) is 0 Å². The molecule has 0 saturated carbocycles. The SMILES string of the molecule is CCN1C(=O)/C(=C/c2cc(Br)c(OCc3ccc(Br)cc3)c(OC)c2)SC1=S. The first-order valence-corrected chi connectivity index (χ1v) is 11.2. The Balaban J connectivity index is 1.83. The predicted octanol–water partition coefficient (Wildman–Crippen LogP) is 6.02. The number of thiocarbonyl (C=S) groups is 1. The molecule has 1 amide bonds. The lowest BCUT2D eigenvalue weighted by Crippen LogP contribution is -2.27. The van der Waals surface area contributed by atoms with Crippen LogP contribution in [0.1, 0.15) is 18.1 Å². The molecule has 4 nitrogen and oxygen atoms in total. The fraction of sp³-hybridized carbons (Fsp3) is 0.200. The highest BCUT2D eigenvalue weighted by Crippen LogP contribution is 2.39. The summed E-state index contributed by atoms with van der Waals surface area (Å²) in [7, 11) is 1.59. The molecule has 0 radical (unpaired) electrons. The summed E-state index contributed by atoms with van der Waals surface area (Å²) in [6.07, 6.45) is 1.82. The molecule has 0 N–H and O–H groups in total. The van der Waals surface area contributed by atoms with Crippen molar-refractivity contribution in [3.8, 4) is 11.5 Å². The van der Waals surface area contributed by atoms with Gasteiger partial charge in [-0.15, -0.1) is 0 Å². The van der Waals surface area contributed by atoms with Crippen LogP contribution in [0, 0.1) is 0 Å². The summed E-state index contributed by atoms with van der Waals surface area (Å²) in [5, 5.41) is 0. The lowest BCUT2D eigenvalue weighted by molar-refractivity contribution is -0.121. The molecule has 2 aromatic carbocycles. The van der Waals surface area contributed by atoms with E-state index in [4.69, 9.17) is 21.7 Å². The summed E-state index contributed by atoms with van der Waals surface area (Å²) in [5.74, 6) is 1.13. The summed E-state index contributed by atoms with van der Waals surface area (Å²) < 4.78 is 13.8. The second-order valence-electron chi connectivity index (χ2n) is 5.88. The monoisotopic (exact) mass is 541 g/mol. The quantitative estimate of drug-likeness (QED) is 0.329. The summed E-state index contributed by atoms with van der Waals surface area (Å²) in [4.78, 5) is 14.6. The van der Waals surface area contributed by atoms with Crippen LogP contribution >= 0.6 is 55.8 Å². The molecule has 146 valence electrons. The van der Waals surface area contributed by atoms with Gasteiger partial charge in [-0.3, -0.25) is 9.69 Å². The van der Waals surface area contributed by atoms with Crippen molar-refractivity contribution >= 4 is 72.1 Å². The average Bonchev–Trinajstić information content (AvgIpc) is 2.94. The van der Waals surface area contributed by atoms with E-state index in [1.54, 1.807) is 12.0 Å². The van der Waals surface area contributed by atoms with E-state index in [9.17, 15) is 4.79 Å². The second kappa shape index (κ2) is 9.43. The van der Waals surface area contributed by atoms with E-state index in [2.05, 4.69) is 31.9 Å². The van der Waals surface area contributed by atoms with Crippen LogP contribution in [0.3, 0.4) is 0 Å². The van der Waals surface area contributed by atoms with Crippen molar-refractivity contribution in [2.75, 3.05) is 13.7 Å². The molecule has 0 bridgehead atoms. The number of ether oxygens (including phenoxy) is 2. The Morgan fingerprint density at radius 1 is 1.21 bits per heavy atom. The Labute approximate surface area is 190 Å². The minimum absolute atomic E-state index is 0.0665. The zero-order chi connectivity index (χ0) is 20.3. The van der Waals surface area contributed by atoms with Crippen molar-refractivity contribution in [3.05, 3.63) is 61.4 Å². The van der Waals surface area contributed by atoms with E-state index in [0.717, 1.165) is 20.1 Å². The van der Waals surface area contributed by atoms with Crippen LogP contribution < -0.4 is 9.47 Å². The molecule has 0 aliphatic carbocycles. The smallest absolute Gasteiger partial charge is 0.266 e. The zero-order valence-electron chi connectivity index (χ0n) is 15.2. The highest BCUT2D eigenvalue weighted by atomic mass is 79.9. The van der Waals surface area contributed by atoms with Crippen LogP contribution in [0.2, 0.25) is 0 Å². The summed E-state index contributed by atoms with van der Waals surface area (Å²) in [5.41, 5.74) is 1.88. The molecule has 0 spiro atoms. The number of thioether (sulfide) groups is 1. The van der Waals surface area contributed by atoms with Crippen molar-refractivity contribution in [3.63, 3.8) is 0 Å². The third-order valence-electron chi connectivity index (χ3n) is 4.04. The van der Waals surface area contributed by atoms with Crippen LogP contribution in [0.5, 0.6) is 11.5 Å². The Kier molecular flexibility index (Phi) is 7.20. The fourth-order valence-electron chi connectivity index (χ4n) is 2.62. The highest BCUT2D eigenvalue weighted by Gasteiger charge is 2.30. The standard InChI is InChI=1S/C20H17Br2NO3S2/c1-3-23-19(24)17(28-20(23)27)10-13-8-15(22)18(16(9-13)25-2)26-11-12-4-6-14(21)7-5-12/h4-10H,3,11H2,1-2H3/b17-10-. The molecule has 1 aliphatic rings. The molecule has 3 rings (SSSR count). The Morgan fingerprint density at radius 3 is 2.54 bits per heavy atom. The molecular formula is C20H17Br2NO3S2. The number of carbonyl (C=O) groups is 1. The molecule has 0 atom stereocenters. The van der Waals surface area contributed by atoms with E-state index >= 15 is 0 Å². The number of halogens is 2. The van der Waals surface area contributed by atoms with E-state index in [0.29, 0.717) is 33.9 Å². The maximum absolute atomic E-state index is 12.4. The number of rotatable bonds is 6. The topological polar surface area (TPSA) is 38.8 Å². The van der Waals surface area contributed by atoms with Gasteiger partial charge in [0.05, 0.1) is 16.5 Å². The molecule has 0 unspecified atom stereocenters. The van der Waals surface area contributed by atoms with E-state index < -0.39 is 0 Å². The maximum atomic E-state index is 12.4. The third-order valence-corrected chi connectivity index (χ3v) is 6.53. The summed E-state index contributed by atoms with van der Waals surface area (Å²) in [6.45, 7) is 2.89. The van der Waals surface area contributed by atoms with Gasteiger partial charge in [-0.2, -0.15) is 0 Å². The van der Waals surface area contributed by atoms with Crippen molar-refractivity contribution in [2.45, 2.75) is 13.5 Å². The van der Waals surface area contributed by atoms with Crippen molar-refractivity contribution < 1.29 is 14.3 Å². The second-order valence-corrected chi connectivity index (χ2v) is 9.32. The third kappa shape index (κ3) is 4.79. The fourth-order valence-corrected chi connectivity index (χ4v) is 4.85. The van der Waals surface area contributed by atoms with Gasteiger partial charge < -0.3 is 9.47 Å². The number of hydrogen-bond donors (Lipinski definition) is 0. The largest absolute Gasteiger partial charge is 0.493 e. The number of nitrogens with zero attached hydrogens (tertiary/aromatic N) is 1. The molecule has 1 saturated heterocycles. The van der Waals surface area contributed by atoms with Crippen molar-refractivity contribution in [1.82, 2.24) is 4.90 Å². The molecule has 1 fully saturated rings. The van der Waals surface area contributed by atoms with E-state index in [1.165, 1.54) is 11.8 Å². The van der Waals surface area contributed by atoms with Gasteiger partial charge in [0, 0.05) is 11.0 Å². The van der Waals surface area contributed by atoms with Gasteiger partial charge in [0.15, 0.2) is 11.5 Å². The number of methoxy groups -OCH3 is 1. The number of hydrogen-bond acceptors (Lipinski definition) is 5. The molecular weight excluding hydrogens is 526 g/mol. The molecule has 28 heavy (non-hydrogen) atoms. The lowest BCUT2D eigenvalue weighted by Gasteiger charge is -2.14. The van der Waals surface area contributed by atoms with Gasteiger partial charge in [0.1, 0.15) is 10.9 Å². The van der Waals surface area contributed by atoms with Crippen molar-refractivity contribution in [2.24, 2.45) is 0 Å². The number of likely N-dealkylation sites (N-methyl/N-ethyl adjacent to an activating group) is 1. The first kappa shape index (κ1) is 21.4. The first-order chi connectivity index (χ1) is 13.4. The van der Waals surface area contributed by atoms with Crippen LogP contribution in [-0.2, 0) is 11.4 Å². The van der Waals surface area contributed by atoms with Crippen LogP contribution in [0.25, 0.3) is 6.08 Å². The minimum atomic E-state index is -0.0665. The molecule has 8 heteroatoms. The summed E-state index contributed by atoms with van der Waals surface area (Å²) >= 11 is 13.6. The zero-order valence-corrected chi connectivity index (χ0v) is 20.0. The highest BCUT2D eigenvalue weighted by molar-refractivity contribution is 9.10. The van der Waals surface area contributed by atoms with Gasteiger partial charge in [-0.25, -0.2) is 0 Å². The molecule has 1 aliphatic heterocycles. The lowest BCUT2D eigenvalue weighted by atomic mass is 10.1. The van der Waals surface area contributed by atoms with E-state index in [-0.39, 0.29) is 5.91 Å². The van der Waals surface area contributed by atoms with Crippen molar-refractivity contribution in [1.29, 1.82) is 0 Å². The van der Waals surface area contributed by atoms with E-state index in [1.807, 2.05) is 49.4 Å². The minimum Gasteiger partial charge on any atom is -0.493 e. The Hall–Kier alpha value is -1.35. The molecule has 0 aromatic heterocycles. The first-order valence-electron chi connectivity index (χ1n) is 8.43. The number of carbonyl (C=O) groups excluding carboxylic acids is 1. The predicted molar refractivity (Wildman–Crippen MR) is 125 cm³/mol. The van der Waals surface area contributed by atoms with Crippen LogP contribution in [0.15, 0.2) is 50.2 Å². The van der Waals surface area contributed by atoms with Crippen LogP contribution in [-0.4, -0.2) is 28.8 Å². The average molecular weight is 543 g/mol. The Morgan fingerprint density at radius 2 is 1.93 bits per heavy atom. The molecule has 1 heterocycles. The van der Waals surface area contributed by atoms with Gasteiger partial charge in [-0.05, 0) is 64.3 Å². The maximum Gasteiger partial charge on any atom is 0.266 e. The van der Waals surface area contributed by atoms with Gasteiger partial charge >= 0.3 is 0 Å². The Bertz CT molecular complexity index is 945. The number of benzene rings is 2. The summed E-state index contributed by atoms with van der Waals surface area (Å²) in [6, 6.07) is 11.7. The van der Waals surface area contributed by atoms with Gasteiger partial charge in [0.25, 0.3) is 5.91 Å².